The van der Waals surface area contributed by atoms with E-state index < -0.39 is 0 Å². The number of halogens is 1. The van der Waals surface area contributed by atoms with Gasteiger partial charge in [-0.1, -0.05) is 18.6 Å². The summed E-state index contributed by atoms with van der Waals surface area (Å²) in [5.74, 6) is 3.06. The summed E-state index contributed by atoms with van der Waals surface area (Å²) in [5.41, 5.74) is 2.96. The Bertz CT molecular complexity index is 921. The van der Waals surface area contributed by atoms with Crippen LogP contribution < -0.4 is 5.32 Å². The van der Waals surface area contributed by atoms with Gasteiger partial charge in [0.2, 0.25) is 5.91 Å². The predicted octanol–water partition coefficient (Wildman–Crippen LogP) is 4.11. The molecule has 0 spiro atoms. The summed E-state index contributed by atoms with van der Waals surface area (Å²) in [5, 5.41) is 7.84. The quantitative estimate of drug-likeness (QED) is 0.866. The first-order chi connectivity index (χ1) is 13.5. The maximum absolute atomic E-state index is 14.2. The number of nitrogens with zero attached hydrogens (tertiary/aromatic N) is 2. The van der Waals surface area contributed by atoms with E-state index in [2.05, 4.69) is 10.4 Å². The number of para-hydroxylation sites is 1. The van der Waals surface area contributed by atoms with E-state index in [1.54, 1.807) is 22.9 Å². The van der Waals surface area contributed by atoms with E-state index in [-0.39, 0.29) is 11.7 Å². The Labute approximate surface area is 165 Å². The van der Waals surface area contributed by atoms with Crippen molar-refractivity contribution in [3.05, 3.63) is 47.0 Å². The lowest BCUT2D eigenvalue weighted by atomic mass is 9.79. The Hall–Kier alpha value is -2.17. The van der Waals surface area contributed by atoms with Crippen LogP contribution in [-0.4, -0.2) is 21.7 Å². The van der Waals surface area contributed by atoms with Crippen LogP contribution >= 0.6 is 0 Å². The number of carbonyl (C=O) groups is 1. The summed E-state index contributed by atoms with van der Waals surface area (Å²) in [6.07, 6.45) is 6.91. The van der Waals surface area contributed by atoms with Gasteiger partial charge in [0, 0.05) is 17.3 Å². The molecule has 4 nitrogen and oxygen atoms in total. The van der Waals surface area contributed by atoms with E-state index in [1.807, 2.05) is 13.8 Å². The van der Waals surface area contributed by atoms with Crippen molar-refractivity contribution in [2.45, 2.75) is 58.4 Å². The fraction of sp³-hybridized carbons (Fsp3) is 0.565. The van der Waals surface area contributed by atoms with Crippen LogP contribution in [0.15, 0.2) is 24.3 Å². The van der Waals surface area contributed by atoms with Crippen molar-refractivity contribution in [2.75, 3.05) is 0 Å². The summed E-state index contributed by atoms with van der Waals surface area (Å²) < 4.78 is 15.8. The van der Waals surface area contributed by atoms with E-state index in [0.29, 0.717) is 24.1 Å². The number of hydrogen-bond acceptors (Lipinski definition) is 2. The van der Waals surface area contributed by atoms with Gasteiger partial charge in [-0.3, -0.25) is 4.79 Å². The maximum Gasteiger partial charge on any atom is 0.224 e. The summed E-state index contributed by atoms with van der Waals surface area (Å²) in [4.78, 5) is 12.8. The fourth-order valence-electron chi connectivity index (χ4n) is 6.44. The molecular weight excluding hydrogens is 353 g/mol. The Kier molecular flexibility index (Phi) is 4.29. The first-order valence-corrected chi connectivity index (χ1v) is 10.6. The van der Waals surface area contributed by atoms with Crippen LogP contribution in [0.1, 0.15) is 49.1 Å². The first-order valence-electron chi connectivity index (χ1n) is 10.6. The largest absolute Gasteiger partial charge is 0.353 e. The van der Waals surface area contributed by atoms with Crippen molar-refractivity contribution in [3.63, 3.8) is 0 Å². The van der Waals surface area contributed by atoms with Crippen LogP contribution in [0.5, 0.6) is 0 Å². The highest BCUT2D eigenvalue weighted by atomic mass is 19.1. The molecule has 0 saturated heterocycles. The van der Waals surface area contributed by atoms with Crippen LogP contribution in [0.4, 0.5) is 4.39 Å². The van der Waals surface area contributed by atoms with Crippen LogP contribution in [0.2, 0.25) is 0 Å². The van der Waals surface area contributed by atoms with Crippen molar-refractivity contribution in [1.82, 2.24) is 15.1 Å². The molecule has 1 amide bonds. The Balaban J connectivity index is 1.30. The van der Waals surface area contributed by atoms with Gasteiger partial charge in [0.15, 0.2) is 0 Å². The molecule has 28 heavy (non-hydrogen) atoms. The average molecular weight is 381 g/mol. The fourth-order valence-corrected chi connectivity index (χ4v) is 6.44. The van der Waals surface area contributed by atoms with E-state index >= 15 is 0 Å². The number of aryl methyl sites for hydroxylation is 1. The molecule has 5 atom stereocenters. The van der Waals surface area contributed by atoms with Gasteiger partial charge in [-0.15, -0.1) is 0 Å². The highest BCUT2D eigenvalue weighted by Gasteiger charge is 2.54. The minimum absolute atomic E-state index is 0.0754. The van der Waals surface area contributed by atoms with Gasteiger partial charge in [0.05, 0.1) is 12.1 Å². The van der Waals surface area contributed by atoms with Gasteiger partial charge in [0.25, 0.3) is 0 Å². The highest BCUT2D eigenvalue weighted by Crippen LogP contribution is 2.58. The van der Waals surface area contributed by atoms with Crippen molar-refractivity contribution in [3.8, 4) is 5.69 Å². The summed E-state index contributed by atoms with van der Waals surface area (Å²) in [6.45, 7) is 3.81. The number of rotatable bonds is 4. The zero-order valence-corrected chi connectivity index (χ0v) is 16.6. The number of carbonyl (C=O) groups excluding carboxylic acids is 1. The van der Waals surface area contributed by atoms with Crippen LogP contribution in [0, 0.1) is 43.3 Å². The lowest BCUT2D eigenvalue weighted by molar-refractivity contribution is -0.121. The van der Waals surface area contributed by atoms with Crippen LogP contribution in [0.3, 0.4) is 0 Å². The SMILES string of the molecule is Cc1nn(-c2ccccc2F)c(C)c1CC(=O)N[C@H]1C[C@@H]2C[C@@H]1[C@@H]1CCC[C@@H]21. The normalized spacial score (nSPS) is 30.6. The predicted molar refractivity (Wildman–Crippen MR) is 106 cm³/mol. The number of hydrogen-bond donors (Lipinski definition) is 1. The topological polar surface area (TPSA) is 46.9 Å². The van der Waals surface area contributed by atoms with Crippen molar-refractivity contribution in [1.29, 1.82) is 0 Å². The molecule has 2 aromatic rings. The lowest BCUT2D eigenvalue weighted by Gasteiger charge is -2.32. The van der Waals surface area contributed by atoms with Gasteiger partial charge in [-0.2, -0.15) is 5.10 Å². The minimum atomic E-state index is -0.308. The number of amides is 1. The molecule has 1 aromatic carbocycles. The highest BCUT2D eigenvalue weighted by molar-refractivity contribution is 5.79. The van der Waals surface area contributed by atoms with Crippen LogP contribution in [0.25, 0.3) is 5.69 Å². The standard InChI is InChI=1S/C23H28FN3O/c1-13-18(14(2)27(26-13)22-9-4-3-8-20(22)24)12-23(28)25-21-11-15-10-19(21)17-7-5-6-16(15)17/h3-4,8-9,15-17,19,21H,5-7,10-12H2,1-2H3,(H,25,28)/t15-,16-,17+,19+,21-/m0/s1. The number of aromatic nitrogens is 2. The van der Waals surface area contributed by atoms with Gasteiger partial charge in [-0.25, -0.2) is 9.07 Å². The van der Waals surface area contributed by atoms with Gasteiger partial charge in [0.1, 0.15) is 11.5 Å². The molecule has 0 unspecified atom stereocenters. The molecule has 3 aliphatic carbocycles. The average Bonchev–Trinajstić information content (AvgIpc) is 3.41. The summed E-state index contributed by atoms with van der Waals surface area (Å²) in [7, 11) is 0. The molecule has 1 heterocycles. The molecule has 5 heteroatoms. The molecule has 3 fully saturated rings. The summed E-state index contributed by atoms with van der Waals surface area (Å²) in [6, 6.07) is 6.96. The van der Waals surface area contributed by atoms with Gasteiger partial charge >= 0.3 is 0 Å². The molecule has 1 aromatic heterocycles. The Morgan fingerprint density at radius 3 is 2.79 bits per heavy atom. The second-order valence-corrected chi connectivity index (χ2v) is 9.02. The molecule has 0 radical (unpaired) electrons. The zero-order valence-electron chi connectivity index (χ0n) is 16.6. The molecular formula is C23H28FN3O. The van der Waals surface area contributed by atoms with E-state index in [1.165, 1.54) is 31.7 Å². The summed E-state index contributed by atoms with van der Waals surface area (Å²) >= 11 is 0. The smallest absolute Gasteiger partial charge is 0.224 e. The number of nitrogens with one attached hydrogen (secondary N) is 1. The van der Waals surface area contributed by atoms with E-state index in [0.717, 1.165) is 41.1 Å². The van der Waals surface area contributed by atoms with E-state index in [9.17, 15) is 9.18 Å². The van der Waals surface area contributed by atoms with Crippen molar-refractivity contribution < 1.29 is 9.18 Å². The van der Waals surface area contributed by atoms with E-state index in [4.69, 9.17) is 0 Å². The molecule has 0 aliphatic heterocycles. The number of fused-ring (bicyclic) bond motifs is 5. The molecule has 2 bridgehead atoms. The first kappa shape index (κ1) is 17.9. The van der Waals surface area contributed by atoms with Crippen molar-refractivity contribution >= 4 is 5.91 Å². The molecule has 5 rings (SSSR count). The second kappa shape index (κ2) is 6.71. The van der Waals surface area contributed by atoms with Gasteiger partial charge < -0.3 is 5.32 Å². The minimum Gasteiger partial charge on any atom is -0.353 e. The molecule has 3 saturated carbocycles. The molecule has 148 valence electrons. The molecule has 1 N–H and O–H groups in total. The van der Waals surface area contributed by atoms with Crippen LogP contribution in [-0.2, 0) is 11.2 Å². The monoisotopic (exact) mass is 381 g/mol. The van der Waals surface area contributed by atoms with Gasteiger partial charge in [-0.05, 0) is 75.3 Å². The third kappa shape index (κ3) is 2.78. The zero-order chi connectivity index (χ0) is 19.4. The maximum atomic E-state index is 14.2. The van der Waals surface area contributed by atoms with Crippen molar-refractivity contribution in [2.24, 2.45) is 23.7 Å². The Morgan fingerprint density at radius 2 is 1.96 bits per heavy atom. The third-order valence-corrected chi connectivity index (χ3v) is 7.63. The Morgan fingerprint density at radius 1 is 1.18 bits per heavy atom. The number of benzene rings is 1. The third-order valence-electron chi connectivity index (χ3n) is 7.63. The second-order valence-electron chi connectivity index (χ2n) is 9.02. The lowest BCUT2D eigenvalue weighted by Crippen LogP contribution is -2.43. The molecule has 3 aliphatic rings.